The number of hydrogen-bond donors (Lipinski definition) is 0. The van der Waals surface area contributed by atoms with Gasteiger partial charge in [-0.05, 0) is 167 Å². The third-order valence-corrected chi connectivity index (χ3v) is 14.5. The van der Waals surface area contributed by atoms with E-state index in [-0.39, 0.29) is 0 Å². The summed E-state index contributed by atoms with van der Waals surface area (Å²) in [6.07, 6.45) is 0. The Morgan fingerprint density at radius 2 is 0.696 bits per heavy atom. The molecule has 0 saturated carbocycles. The van der Waals surface area contributed by atoms with Crippen LogP contribution in [0.1, 0.15) is 22.3 Å². The first-order valence-corrected chi connectivity index (χ1v) is 24.0. The summed E-state index contributed by atoms with van der Waals surface area (Å²) in [7, 11) is 0. The number of aryl methyl sites for hydroxylation is 4. The highest BCUT2D eigenvalue weighted by molar-refractivity contribution is 6.26. The summed E-state index contributed by atoms with van der Waals surface area (Å²) in [6, 6.07) is 83.1. The summed E-state index contributed by atoms with van der Waals surface area (Å²) in [5.41, 5.74) is 20.3. The molecule has 3 heteroatoms. The van der Waals surface area contributed by atoms with Crippen molar-refractivity contribution in [3.63, 3.8) is 0 Å². The minimum absolute atomic E-state index is 1.13. The molecule has 0 saturated heterocycles. The van der Waals surface area contributed by atoms with Crippen molar-refractivity contribution >= 4 is 93.8 Å². The largest absolute Gasteiger partial charge is 0.310 e. The van der Waals surface area contributed by atoms with Crippen LogP contribution < -0.4 is 9.80 Å². The molecule has 0 amide bonds. The lowest BCUT2D eigenvalue weighted by Gasteiger charge is -2.29. The number of anilines is 6. The fourth-order valence-corrected chi connectivity index (χ4v) is 11.0. The normalized spacial score (nSPS) is 11.8. The zero-order valence-electron chi connectivity index (χ0n) is 39.2. The molecule has 328 valence electrons. The molecule has 0 aliphatic rings. The van der Waals surface area contributed by atoms with Crippen LogP contribution in [0, 0.1) is 27.7 Å². The standard InChI is InChI=1S/C66H49N3/c1-42-16-11-13-24-60(42)67(62-38-50(28-26-44(62)3)46-18-7-5-8-19-46)54-32-30-48-36-58-56-22-15-23-57-59-37-49-31-33-55(35-53(49)41-65(59)69(66(56)57)64(58)40-52(48)34-54)68(61-25-14-12-17-43(61)2)63-39-51(29-27-45(63)4)47-20-9-6-10-21-47/h5-41H,1-4H3. The minimum atomic E-state index is 1.13. The van der Waals surface area contributed by atoms with Crippen LogP contribution in [0.5, 0.6) is 0 Å². The van der Waals surface area contributed by atoms with Crippen molar-refractivity contribution in [2.24, 2.45) is 0 Å². The molecule has 3 nitrogen and oxygen atoms in total. The minimum Gasteiger partial charge on any atom is -0.310 e. The van der Waals surface area contributed by atoms with Crippen LogP contribution in [0.3, 0.4) is 0 Å². The average Bonchev–Trinajstić information content (AvgIpc) is 3.89. The number of rotatable bonds is 8. The van der Waals surface area contributed by atoms with Crippen molar-refractivity contribution in [1.29, 1.82) is 0 Å². The van der Waals surface area contributed by atoms with Crippen LogP contribution >= 0.6 is 0 Å². The van der Waals surface area contributed by atoms with E-state index < -0.39 is 0 Å². The predicted molar refractivity (Wildman–Crippen MR) is 295 cm³/mol. The van der Waals surface area contributed by atoms with Gasteiger partial charge in [0.15, 0.2) is 0 Å². The van der Waals surface area contributed by atoms with Crippen LogP contribution in [0.4, 0.5) is 34.1 Å². The maximum Gasteiger partial charge on any atom is 0.0620 e. The molecule has 11 aromatic carbocycles. The Kier molecular flexibility index (Phi) is 9.42. The number of hydrogen-bond acceptors (Lipinski definition) is 2. The van der Waals surface area contributed by atoms with Crippen LogP contribution in [0.15, 0.2) is 224 Å². The summed E-state index contributed by atoms with van der Waals surface area (Å²) in [6.45, 7) is 8.87. The highest BCUT2D eigenvalue weighted by Crippen LogP contribution is 2.46. The number of fused-ring (bicyclic) bond motifs is 8. The Labute approximate surface area is 402 Å². The van der Waals surface area contributed by atoms with E-state index in [1.807, 2.05) is 0 Å². The van der Waals surface area contributed by atoms with Crippen molar-refractivity contribution in [1.82, 2.24) is 4.40 Å². The monoisotopic (exact) mass is 883 g/mol. The molecule has 0 aliphatic heterocycles. The van der Waals surface area contributed by atoms with Crippen molar-refractivity contribution in [2.45, 2.75) is 27.7 Å². The highest BCUT2D eigenvalue weighted by atomic mass is 15.2. The topological polar surface area (TPSA) is 10.9 Å². The lowest BCUT2D eigenvalue weighted by Crippen LogP contribution is -2.12. The zero-order chi connectivity index (χ0) is 46.3. The molecule has 0 atom stereocenters. The second-order valence-corrected chi connectivity index (χ2v) is 18.8. The van der Waals surface area contributed by atoms with Gasteiger partial charge in [0, 0.05) is 55.7 Å². The van der Waals surface area contributed by atoms with Crippen molar-refractivity contribution in [3.05, 3.63) is 247 Å². The molecular formula is C66H49N3. The maximum absolute atomic E-state index is 2.53. The fourth-order valence-electron chi connectivity index (χ4n) is 11.0. The van der Waals surface area contributed by atoms with Crippen LogP contribution in [-0.4, -0.2) is 4.40 Å². The lowest BCUT2D eigenvalue weighted by molar-refractivity contribution is 1.23. The number of para-hydroxylation sites is 3. The van der Waals surface area contributed by atoms with Crippen LogP contribution in [-0.2, 0) is 0 Å². The number of nitrogens with zero attached hydrogens (tertiary/aromatic N) is 3. The molecule has 2 heterocycles. The lowest BCUT2D eigenvalue weighted by atomic mass is 9.99. The molecule has 0 aliphatic carbocycles. The van der Waals surface area contributed by atoms with Gasteiger partial charge in [0.1, 0.15) is 0 Å². The van der Waals surface area contributed by atoms with Gasteiger partial charge in [0.05, 0.1) is 16.6 Å². The molecule has 69 heavy (non-hydrogen) atoms. The molecule has 13 aromatic rings. The molecule has 2 aromatic heterocycles. The van der Waals surface area contributed by atoms with Crippen molar-refractivity contribution in [3.8, 4) is 22.3 Å². The van der Waals surface area contributed by atoms with Gasteiger partial charge in [-0.1, -0.05) is 152 Å². The zero-order valence-corrected chi connectivity index (χ0v) is 39.2. The van der Waals surface area contributed by atoms with Gasteiger partial charge in [-0.25, -0.2) is 0 Å². The summed E-state index contributed by atoms with van der Waals surface area (Å²) in [4.78, 5) is 4.90. The maximum atomic E-state index is 2.53. The number of aromatic nitrogens is 1. The van der Waals surface area contributed by atoms with Gasteiger partial charge in [-0.15, -0.1) is 0 Å². The van der Waals surface area contributed by atoms with E-state index in [2.05, 4.69) is 266 Å². The summed E-state index contributed by atoms with van der Waals surface area (Å²) in [5.74, 6) is 0. The summed E-state index contributed by atoms with van der Waals surface area (Å²) < 4.78 is 2.53. The van der Waals surface area contributed by atoms with Gasteiger partial charge < -0.3 is 14.2 Å². The first kappa shape index (κ1) is 40.6. The van der Waals surface area contributed by atoms with Crippen molar-refractivity contribution < 1.29 is 0 Å². The summed E-state index contributed by atoms with van der Waals surface area (Å²) >= 11 is 0. The van der Waals surface area contributed by atoms with E-state index >= 15 is 0 Å². The van der Waals surface area contributed by atoms with E-state index in [0.29, 0.717) is 0 Å². The molecular weight excluding hydrogens is 835 g/mol. The van der Waals surface area contributed by atoms with E-state index in [1.54, 1.807) is 0 Å². The van der Waals surface area contributed by atoms with E-state index in [9.17, 15) is 0 Å². The molecule has 0 N–H and O–H groups in total. The smallest absolute Gasteiger partial charge is 0.0620 e. The van der Waals surface area contributed by atoms with E-state index in [4.69, 9.17) is 0 Å². The molecule has 0 bridgehead atoms. The average molecular weight is 884 g/mol. The van der Waals surface area contributed by atoms with Crippen molar-refractivity contribution in [2.75, 3.05) is 9.80 Å². The second-order valence-electron chi connectivity index (χ2n) is 18.8. The number of benzene rings is 11. The Hall–Kier alpha value is -8.66. The molecule has 0 radical (unpaired) electrons. The second kappa shape index (κ2) is 16.0. The first-order valence-electron chi connectivity index (χ1n) is 24.0. The van der Waals surface area contributed by atoms with Gasteiger partial charge in [-0.2, -0.15) is 0 Å². The fraction of sp³-hybridized carbons (Fsp3) is 0.0606. The molecule has 0 spiro atoms. The Morgan fingerprint density at radius 1 is 0.275 bits per heavy atom. The Bertz CT molecular complexity index is 3860. The Balaban J connectivity index is 1.00. The molecule has 13 rings (SSSR count). The summed E-state index contributed by atoms with van der Waals surface area (Å²) in [5, 5.41) is 9.96. The van der Waals surface area contributed by atoms with Crippen LogP contribution in [0.2, 0.25) is 0 Å². The third kappa shape index (κ3) is 6.65. The quantitative estimate of drug-likeness (QED) is 0.151. The molecule has 0 fully saturated rings. The predicted octanol–water partition coefficient (Wildman–Crippen LogP) is 18.7. The Morgan fingerprint density at radius 3 is 1.14 bits per heavy atom. The van der Waals surface area contributed by atoms with Crippen LogP contribution in [0.25, 0.3) is 81.9 Å². The highest BCUT2D eigenvalue weighted by Gasteiger charge is 2.23. The van der Waals surface area contributed by atoms with Gasteiger partial charge in [0.2, 0.25) is 0 Å². The van der Waals surface area contributed by atoms with Gasteiger partial charge in [-0.3, -0.25) is 0 Å². The van der Waals surface area contributed by atoms with E-state index in [0.717, 1.165) is 11.4 Å². The van der Waals surface area contributed by atoms with Gasteiger partial charge >= 0.3 is 0 Å². The van der Waals surface area contributed by atoms with E-state index in [1.165, 1.54) is 127 Å². The SMILES string of the molecule is Cc1ccccc1N(c1ccc2cc3c4cccc5c6cc7ccc(N(c8ccccc8C)c8cc(-c9ccccc9)ccc8C)cc7cc6n(c3cc2c1)c45)c1cc(-c2ccccc2)ccc1C. The molecule has 0 unspecified atom stereocenters. The first-order chi connectivity index (χ1) is 33.9. The third-order valence-electron chi connectivity index (χ3n) is 14.5. The van der Waals surface area contributed by atoms with Gasteiger partial charge in [0.25, 0.3) is 0 Å².